The van der Waals surface area contributed by atoms with Crippen LogP contribution in [0.15, 0.2) is 0 Å². The molecule has 1 saturated heterocycles. The first-order chi connectivity index (χ1) is 8.54. The molecular weight excluding hydrogens is 232 g/mol. The Labute approximate surface area is 108 Å². The van der Waals surface area contributed by atoms with Gasteiger partial charge in [0.05, 0.1) is 6.54 Å². The van der Waals surface area contributed by atoms with Gasteiger partial charge in [0.15, 0.2) is 0 Å². The maximum atomic E-state index is 11.8. The smallest absolute Gasteiger partial charge is 0.238 e. The van der Waals surface area contributed by atoms with Crippen molar-refractivity contribution in [3.63, 3.8) is 0 Å². The van der Waals surface area contributed by atoms with Crippen LogP contribution in [-0.2, 0) is 9.59 Å². The lowest BCUT2D eigenvalue weighted by molar-refractivity contribution is -0.129. The van der Waals surface area contributed by atoms with Crippen LogP contribution in [0.4, 0.5) is 0 Å². The molecule has 1 atom stereocenters. The average Bonchev–Trinajstić information content (AvgIpc) is 2.36. The summed E-state index contributed by atoms with van der Waals surface area (Å²) in [5, 5.41) is 8.68. The lowest BCUT2D eigenvalue weighted by atomic mass is 10.1. The monoisotopic (exact) mass is 256 g/mol. The van der Waals surface area contributed by atoms with E-state index in [0.29, 0.717) is 25.6 Å². The van der Waals surface area contributed by atoms with Crippen molar-refractivity contribution in [1.82, 2.24) is 20.9 Å². The summed E-state index contributed by atoms with van der Waals surface area (Å²) in [7, 11) is 1.62. The first kappa shape index (κ1) is 14.9. The zero-order valence-corrected chi connectivity index (χ0v) is 11.5. The molecule has 1 heterocycles. The van der Waals surface area contributed by atoms with E-state index >= 15 is 0 Å². The summed E-state index contributed by atoms with van der Waals surface area (Å²) >= 11 is 0. The van der Waals surface area contributed by atoms with Crippen LogP contribution in [0.25, 0.3) is 0 Å². The third kappa shape index (κ3) is 4.62. The van der Waals surface area contributed by atoms with Gasteiger partial charge in [-0.05, 0) is 5.92 Å². The van der Waals surface area contributed by atoms with Crippen molar-refractivity contribution in [2.45, 2.75) is 19.9 Å². The number of piperazine rings is 1. The van der Waals surface area contributed by atoms with Crippen LogP contribution >= 0.6 is 0 Å². The van der Waals surface area contributed by atoms with Crippen molar-refractivity contribution in [2.75, 3.05) is 39.8 Å². The molecule has 6 nitrogen and oxygen atoms in total. The Kier molecular flexibility index (Phi) is 6.07. The number of nitrogens with one attached hydrogen (secondary N) is 3. The van der Waals surface area contributed by atoms with Crippen LogP contribution in [0.1, 0.15) is 13.8 Å². The van der Waals surface area contributed by atoms with Crippen molar-refractivity contribution in [3.05, 3.63) is 0 Å². The normalized spacial score (nSPS) is 20.8. The number of likely N-dealkylation sites (N-methyl/N-ethyl adjacent to an activating group) is 1. The Morgan fingerprint density at radius 1 is 1.44 bits per heavy atom. The summed E-state index contributed by atoms with van der Waals surface area (Å²) in [6, 6.07) is -0.256. The molecule has 0 spiro atoms. The Balaban J connectivity index is 2.46. The SMILES string of the molecule is CNC(=O)C1CNCCN1CC(=O)NCC(C)C. The van der Waals surface area contributed by atoms with Gasteiger partial charge >= 0.3 is 0 Å². The summed E-state index contributed by atoms with van der Waals surface area (Å²) in [6.07, 6.45) is 0. The molecule has 0 bridgehead atoms. The summed E-state index contributed by atoms with van der Waals surface area (Å²) in [6.45, 7) is 7.19. The van der Waals surface area contributed by atoms with E-state index in [2.05, 4.69) is 29.8 Å². The number of nitrogens with zero attached hydrogens (tertiary/aromatic N) is 1. The van der Waals surface area contributed by atoms with Gasteiger partial charge in [-0.25, -0.2) is 0 Å². The molecule has 0 aromatic heterocycles. The minimum Gasteiger partial charge on any atom is -0.358 e. The maximum absolute atomic E-state index is 11.8. The van der Waals surface area contributed by atoms with Crippen molar-refractivity contribution in [1.29, 1.82) is 0 Å². The lowest BCUT2D eigenvalue weighted by Crippen LogP contribution is -2.59. The molecule has 1 aliphatic heterocycles. The van der Waals surface area contributed by atoms with E-state index in [-0.39, 0.29) is 24.4 Å². The molecule has 0 aliphatic carbocycles. The molecule has 104 valence electrons. The zero-order valence-electron chi connectivity index (χ0n) is 11.5. The van der Waals surface area contributed by atoms with E-state index in [1.54, 1.807) is 7.05 Å². The molecule has 18 heavy (non-hydrogen) atoms. The molecule has 1 unspecified atom stereocenters. The number of hydrogen-bond donors (Lipinski definition) is 3. The van der Waals surface area contributed by atoms with Gasteiger partial charge in [0, 0.05) is 33.2 Å². The molecule has 0 radical (unpaired) electrons. The Bertz CT molecular complexity index is 294. The minimum absolute atomic E-state index is 0.0143. The average molecular weight is 256 g/mol. The van der Waals surface area contributed by atoms with Gasteiger partial charge in [0.1, 0.15) is 6.04 Å². The first-order valence-corrected chi connectivity index (χ1v) is 6.47. The number of hydrogen-bond acceptors (Lipinski definition) is 4. The van der Waals surface area contributed by atoms with E-state index < -0.39 is 0 Å². The standard InChI is InChI=1S/C12H24N4O2/c1-9(2)6-15-11(17)8-16-5-4-14-7-10(16)12(18)13-3/h9-10,14H,4-8H2,1-3H3,(H,13,18)(H,15,17). The second kappa shape index (κ2) is 7.33. The van der Waals surface area contributed by atoms with Crippen LogP contribution < -0.4 is 16.0 Å². The zero-order chi connectivity index (χ0) is 13.5. The van der Waals surface area contributed by atoms with Crippen LogP contribution in [0.5, 0.6) is 0 Å². The fourth-order valence-corrected chi connectivity index (χ4v) is 1.92. The fourth-order valence-electron chi connectivity index (χ4n) is 1.92. The number of carbonyl (C=O) groups is 2. The van der Waals surface area contributed by atoms with E-state index in [0.717, 1.165) is 6.54 Å². The molecule has 0 aromatic rings. The lowest BCUT2D eigenvalue weighted by Gasteiger charge is -2.34. The summed E-state index contributed by atoms with van der Waals surface area (Å²) in [5.74, 6) is 0.380. The van der Waals surface area contributed by atoms with E-state index in [1.165, 1.54) is 0 Å². The van der Waals surface area contributed by atoms with E-state index in [4.69, 9.17) is 0 Å². The second-order valence-corrected chi connectivity index (χ2v) is 5.00. The predicted molar refractivity (Wildman–Crippen MR) is 70.1 cm³/mol. The van der Waals surface area contributed by atoms with Gasteiger partial charge in [0.25, 0.3) is 0 Å². The van der Waals surface area contributed by atoms with Gasteiger partial charge < -0.3 is 16.0 Å². The molecule has 1 rings (SSSR count). The molecule has 1 aliphatic rings. The predicted octanol–water partition coefficient (Wildman–Crippen LogP) is -1.22. The van der Waals surface area contributed by atoms with Gasteiger partial charge in [0.2, 0.25) is 11.8 Å². The van der Waals surface area contributed by atoms with Crippen molar-refractivity contribution < 1.29 is 9.59 Å². The second-order valence-electron chi connectivity index (χ2n) is 5.00. The van der Waals surface area contributed by atoms with Crippen molar-refractivity contribution >= 4 is 11.8 Å². The summed E-state index contributed by atoms with van der Waals surface area (Å²) in [5.41, 5.74) is 0. The van der Waals surface area contributed by atoms with Gasteiger partial charge in [-0.15, -0.1) is 0 Å². The summed E-state index contributed by atoms with van der Waals surface area (Å²) < 4.78 is 0. The van der Waals surface area contributed by atoms with Crippen molar-refractivity contribution in [2.24, 2.45) is 5.92 Å². The molecule has 6 heteroatoms. The highest BCUT2D eigenvalue weighted by atomic mass is 16.2. The van der Waals surface area contributed by atoms with E-state index in [9.17, 15) is 9.59 Å². The topological polar surface area (TPSA) is 73.5 Å². The van der Waals surface area contributed by atoms with Crippen molar-refractivity contribution in [3.8, 4) is 0 Å². The Hall–Kier alpha value is -1.14. The molecule has 3 N–H and O–H groups in total. The molecular formula is C12H24N4O2. The van der Waals surface area contributed by atoms with Gasteiger partial charge in [-0.2, -0.15) is 0 Å². The number of carbonyl (C=O) groups excluding carboxylic acids is 2. The van der Waals surface area contributed by atoms with Crippen LogP contribution in [-0.4, -0.2) is 62.5 Å². The molecule has 0 saturated carbocycles. The number of amides is 2. The number of rotatable bonds is 5. The Morgan fingerprint density at radius 2 is 2.17 bits per heavy atom. The third-order valence-electron chi connectivity index (χ3n) is 2.96. The van der Waals surface area contributed by atoms with E-state index in [1.807, 2.05) is 4.90 Å². The third-order valence-corrected chi connectivity index (χ3v) is 2.96. The van der Waals surface area contributed by atoms with Gasteiger partial charge in [-0.1, -0.05) is 13.8 Å². The highest BCUT2D eigenvalue weighted by molar-refractivity contribution is 5.83. The largest absolute Gasteiger partial charge is 0.358 e. The first-order valence-electron chi connectivity index (χ1n) is 6.47. The molecule has 2 amide bonds. The minimum atomic E-state index is -0.256. The fraction of sp³-hybridized carbons (Fsp3) is 0.833. The Morgan fingerprint density at radius 3 is 2.78 bits per heavy atom. The maximum Gasteiger partial charge on any atom is 0.238 e. The van der Waals surface area contributed by atoms with Crippen LogP contribution in [0.3, 0.4) is 0 Å². The highest BCUT2D eigenvalue weighted by Crippen LogP contribution is 2.03. The van der Waals surface area contributed by atoms with Crippen LogP contribution in [0, 0.1) is 5.92 Å². The summed E-state index contributed by atoms with van der Waals surface area (Å²) in [4.78, 5) is 25.4. The molecule has 0 aromatic carbocycles. The quantitative estimate of drug-likeness (QED) is 0.576. The van der Waals surface area contributed by atoms with Gasteiger partial charge in [-0.3, -0.25) is 14.5 Å². The molecule has 1 fully saturated rings. The highest BCUT2D eigenvalue weighted by Gasteiger charge is 2.28. The van der Waals surface area contributed by atoms with Crippen LogP contribution in [0.2, 0.25) is 0 Å².